The van der Waals surface area contributed by atoms with Crippen LogP contribution < -0.4 is 4.74 Å². The number of nitrogens with zero attached hydrogens (tertiary/aromatic N) is 2. The Kier molecular flexibility index (Phi) is 5.56. The van der Waals surface area contributed by atoms with Crippen LogP contribution in [-0.2, 0) is 0 Å². The molecule has 0 unspecified atom stereocenters. The summed E-state index contributed by atoms with van der Waals surface area (Å²) in [7, 11) is 0. The van der Waals surface area contributed by atoms with Crippen molar-refractivity contribution < 1.29 is 9.13 Å². The molecule has 0 saturated heterocycles. The fourth-order valence-electron chi connectivity index (χ4n) is 1.83. The molecule has 0 aliphatic rings. The van der Waals surface area contributed by atoms with Crippen LogP contribution in [0.15, 0.2) is 34.3 Å². The number of halogens is 1. The molecule has 21 heavy (non-hydrogen) atoms. The monoisotopic (exact) mass is 306 g/mol. The van der Waals surface area contributed by atoms with Crippen LogP contribution >= 0.6 is 11.8 Å². The molecule has 0 N–H and O–H groups in total. The van der Waals surface area contributed by atoms with E-state index < -0.39 is 0 Å². The first-order chi connectivity index (χ1) is 10.1. The second-order valence-electron chi connectivity index (χ2n) is 4.83. The lowest BCUT2D eigenvalue weighted by Gasteiger charge is -2.08. The normalized spacial score (nSPS) is 10.7. The van der Waals surface area contributed by atoms with E-state index in [-0.39, 0.29) is 5.82 Å². The number of aryl methyl sites for hydroxylation is 2. The minimum absolute atomic E-state index is 0.309. The number of hydrogen-bond donors (Lipinski definition) is 0. The van der Waals surface area contributed by atoms with Crippen molar-refractivity contribution in [2.24, 2.45) is 0 Å². The molecule has 0 atom stereocenters. The molecule has 2 aromatic rings. The zero-order valence-corrected chi connectivity index (χ0v) is 13.3. The van der Waals surface area contributed by atoms with Crippen LogP contribution in [0.25, 0.3) is 0 Å². The highest BCUT2D eigenvalue weighted by molar-refractivity contribution is 7.99. The van der Waals surface area contributed by atoms with Crippen molar-refractivity contribution in [3.05, 3.63) is 41.5 Å². The topological polar surface area (TPSA) is 35.0 Å². The molecule has 1 aromatic carbocycles. The van der Waals surface area contributed by atoms with Crippen molar-refractivity contribution >= 4 is 11.8 Å². The quantitative estimate of drug-likeness (QED) is 0.579. The Labute approximate surface area is 129 Å². The van der Waals surface area contributed by atoms with E-state index in [0.717, 1.165) is 24.2 Å². The van der Waals surface area contributed by atoms with Crippen molar-refractivity contribution in [3.63, 3.8) is 0 Å². The molecule has 1 aromatic heterocycles. The largest absolute Gasteiger partial charge is 0.493 e. The van der Waals surface area contributed by atoms with Crippen LogP contribution in [0.5, 0.6) is 5.75 Å². The van der Waals surface area contributed by atoms with Crippen molar-refractivity contribution in [3.8, 4) is 5.75 Å². The highest BCUT2D eigenvalue weighted by Gasteiger charge is 2.09. The van der Waals surface area contributed by atoms with E-state index in [1.807, 2.05) is 19.9 Å². The molecule has 2 rings (SSSR count). The molecule has 0 spiro atoms. The lowest BCUT2D eigenvalue weighted by Crippen LogP contribution is -1.97. The number of unbranched alkanes of at least 4 members (excludes halogenated alkanes) is 1. The van der Waals surface area contributed by atoms with Gasteiger partial charge in [0.15, 0.2) is 5.16 Å². The summed E-state index contributed by atoms with van der Waals surface area (Å²) in [6, 6.07) is 6.80. The minimum Gasteiger partial charge on any atom is -0.493 e. The molecule has 0 radical (unpaired) electrons. The van der Waals surface area contributed by atoms with Crippen molar-refractivity contribution in [1.29, 1.82) is 0 Å². The summed E-state index contributed by atoms with van der Waals surface area (Å²) in [6.07, 6.45) is 2.02. The van der Waals surface area contributed by atoms with Gasteiger partial charge in [0, 0.05) is 17.5 Å². The second kappa shape index (κ2) is 7.41. The van der Waals surface area contributed by atoms with Crippen LogP contribution in [0.2, 0.25) is 0 Å². The van der Waals surface area contributed by atoms with E-state index in [2.05, 4.69) is 16.9 Å². The Hall–Kier alpha value is -1.62. The molecular weight excluding hydrogens is 287 g/mol. The fourth-order valence-corrected chi connectivity index (χ4v) is 2.69. The van der Waals surface area contributed by atoms with Crippen molar-refractivity contribution in [2.45, 2.75) is 43.7 Å². The Morgan fingerprint density at radius 3 is 2.48 bits per heavy atom. The van der Waals surface area contributed by atoms with E-state index >= 15 is 0 Å². The first-order valence-electron chi connectivity index (χ1n) is 7.01. The molecule has 0 bridgehead atoms. The molecule has 0 aliphatic heterocycles. The minimum atomic E-state index is -0.309. The smallest absolute Gasteiger partial charge is 0.192 e. The highest BCUT2D eigenvalue weighted by atomic mass is 32.2. The molecule has 0 saturated carbocycles. The predicted octanol–water partition coefficient (Wildman–Crippen LogP) is 4.56. The van der Waals surface area contributed by atoms with Crippen LogP contribution in [-0.4, -0.2) is 16.6 Å². The molecule has 112 valence electrons. The van der Waals surface area contributed by atoms with Gasteiger partial charge in [-0.1, -0.05) is 13.3 Å². The number of ether oxygens (including phenoxy) is 1. The Bertz CT molecular complexity index is 599. The first kappa shape index (κ1) is 15.8. The van der Waals surface area contributed by atoms with Gasteiger partial charge in [0.25, 0.3) is 0 Å². The van der Waals surface area contributed by atoms with E-state index in [1.165, 1.54) is 17.8 Å². The van der Waals surface area contributed by atoms with Crippen LogP contribution in [0.4, 0.5) is 4.39 Å². The zero-order chi connectivity index (χ0) is 15.2. The van der Waals surface area contributed by atoms with Crippen LogP contribution in [0, 0.1) is 19.7 Å². The molecule has 0 fully saturated rings. The number of rotatable bonds is 6. The third kappa shape index (κ3) is 4.70. The Morgan fingerprint density at radius 1 is 1.14 bits per heavy atom. The standard InChI is InChI=1S/C16H19FN2OS/c1-4-5-8-20-13-6-7-15(14(17)10-13)21-16-18-11(2)9-12(3)19-16/h6-7,9-10H,4-5,8H2,1-3H3. The molecule has 3 nitrogen and oxygen atoms in total. The predicted molar refractivity (Wildman–Crippen MR) is 82.4 cm³/mol. The maximum absolute atomic E-state index is 14.1. The van der Waals surface area contributed by atoms with Crippen molar-refractivity contribution in [2.75, 3.05) is 6.61 Å². The van der Waals surface area contributed by atoms with Gasteiger partial charge in [0.2, 0.25) is 0 Å². The number of benzene rings is 1. The molecule has 1 heterocycles. The zero-order valence-electron chi connectivity index (χ0n) is 12.5. The van der Waals surface area contributed by atoms with Crippen LogP contribution in [0.3, 0.4) is 0 Å². The number of aromatic nitrogens is 2. The van der Waals surface area contributed by atoms with Gasteiger partial charge in [-0.05, 0) is 50.2 Å². The van der Waals surface area contributed by atoms with Gasteiger partial charge >= 0.3 is 0 Å². The van der Waals surface area contributed by atoms with E-state index in [1.54, 1.807) is 12.1 Å². The SMILES string of the molecule is CCCCOc1ccc(Sc2nc(C)cc(C)n2)c(F)c1. The third-order valence-electron chi connectivity index (χ3n) is 2.83. The molecule has 5 heteroatoms. The average molecular weight is 306 g/mol. The fraction of sp³-hybridized carbons (Fsp3) is 0.375. The van der Waals surface area contributed by atoms with E-state index in [0.29, 0.717) is 22.4 Å². The van der Waals surface area contributed by atoms with Gasteiger partial charge in [-0.15, -0.1) is 0 Å². The third-order valence-corrected chi connectivity index (χ3v) is 3.75. The first-order valence-corrected chi connectivity index (χ1v) is 7.82. The molecule has 0 aliphatic carbocycles. The maximum Gasteiger partial charge on any atom is 0.192 e. The van der Waals surface area contributed by atoms with Gasteiger partial charge in [-0.3, -0.25) is 0 Å². The summed E-state index contributed by atoms with van der Waals surface area (Å²) >= 11 is 1.23. The van der Waals surface area contributed by atoms with Gasteiger partial charge in [-0.2, -0.15) is 0 Å². The van der Waals surface area contributed by atoms with E-state index in [4.69, 9.17) is 4.74 Å². The van der Waals surface area contributed by atoms with Gasteiger partial charge in [-0.25, -0.2) is 14.4 Å². The number of hydrogen-bond acceptors (Lipinski definition) is 4. The van der Waals surface area contributed by atoms with Gasteiger partial charge in [0.05, 0.1) is 11.5 Å². The van der Waals surface area contributed by atoms with E-state index in [9.17, 15) is 4.39 Å². The highest BCUT2D eigenvalue weighted by Crippen LogP contribution is 2.30. The van der Waals surface area contributed by atoms with Gasteiger partial charge in [0.1, 0.15) is 11.6 Å². The lowest BCUT2D eigenvalue weighted by atomic mass is 10.3. The summed E-state index contributed by atoms with van der Waals surface area (Å²) in [4.78, 5) is 9.12. The van der Waals surface area contributed by atoms with Gasteiger partial charge < -0.3 is 4.74 Å². The Balaban J connectivity index is 2.10. The Morgan fingerprint density at radius 2 is 1.86 bits per heavy atom. The second-order valence-corrected chi connectivity index (χ2v) is 5.84. The maximum atomic E-state index is 14.1. The molecule has 0 amide bonds. The lowest BCUT2D eigenvalue weighted by molar-refractivity contribution is 0.307. The summed E-state index contributed by atoms with van der Waals surface area (Å²) in [5.41, 5.74) is 1.76. The molecular formula is C16H19FN2OS. The summed E-state index contributed by atoms with van der Waals surface area (Å²) < 4.78 is 19.6. The summed E-state index contributed by atoms with van der Waals surface area (Å²) in [6.45, 7) is 6.51. The summed E-state index contributed by atoms with van der Waals surface area (Å²) in [5.74, 6) is 0.253. The average Bonchev–Trinajstić information content (AvgIpc) is 2.41. The van der Waals surface area contributed by atoms with Crippen molar-refractivity contribution in [1.82, 2.24) is 9.97 Å². The summed E-state index contributed by atoms with van der Waals surface area (Å²) in [5, 5.41) is 0.561. The van der Waals surface area contributed by atoms with Crippen LogP contribution in [0.1, 0.15) is 31.2 Å².